The molecule has 0 N–H and O–H groups in total. The standard InChI is InChI=1S/C14H14N2O2S3/c1-3-10-6-7-11-12(9-10)20-14(16(11)2)15-21(17,18)13-5-4-8-19-13/h4-9H,3H2,1-2H3. The normalized spacial score (nSPS) is 13.1. The van der Waals surface area contributed by atoms with Crippen molar-refractivity contribution in [3.8, 4) is 0 Å². The summed E-state index contributed by atoms with van der Waals surface area (Å²) in [6, 6.07) is 9.46. The predicted molar refractivity (Wildman–Crippen MR) is 87.2 cm³/mol. The fourth-order valence-corrected chi connectivity index (χ4v) is 5.32. The lowest BCUT2D eigenvalue weighted by Crippen LogP contribution is -2.13. The lowest BCUT2D eigenvalue weighted by atomic mass is 10.2. The minimum atomic E-state index is -3.62. The van der Waals surface area contributed by atoms with Crippen molar-refractivity contribution in [1.29, 1.82) is 0 Å². The maximum Gasteiger partial charge on any atom is 0.294 e. The van der Waals surface area contributed by atoms with Crippen LogP contribution in [0.1, 0.15) is 12.5 Å². The summed E-state index contributed by atoms with van der Waals surface area (Å²) in [7, 11) is -1.78. The highest BCUT2D eigenvalue weighted by molar-refractivity contribution is 7.92. The van der Waals surface area contributed by atoms with E-state index in [1.165, 1.54) is 28.2 Å². The van der Waals surface area contributed by atoms with Crippen LogP contribution >= 0.6 is 22.7 Å². The van der Waals surface area contributed by atoms with Gasteiger partial charge in [0, 0.05) is 7.05 Å². The Bertz CT molecular complexity index is 948. The van der Waals surface area contributed by atoms with Crippen LogP contribution in [0, 0.1) is 0 Å². The molecule has 0 amide bonds. The number of aromatic nitrogens is 1. The zero-order chi connectivity index (χ0) is 15.0. The summed E-state index contributed by atoms with van der Waals surface area (Å²) in [6.45, 7) is 2.10. The molecule has 21 heavy (non-hydrogen) atoms. The van der Waals surface area contributed by atoms with E-state index in [-0.39, 0.29) is 4.21 Å². The van der Waals surface area contributed by atoms with Crippen LogP contribution in [0.15, 0.2) is 44.3 Å². The third-order valence-electron chi connectivity index (χ3n) is 3.23. The van der Waals surface area contributed by atoms with Crippen molar-refractivity contribution < 1.29 is 8.42 Å². The van der Waals surface area contributed by atoms with Gasteiger partial charge in [0.1, 0.15) is 4.21 Å². The Labute approximate surface area is 131 Å². The number of thiazole rings is 1. The molecule has 110 valence electrons. The number of thiophene rings is 1. The van der Waals surface area contributed by atoms with Crippen LogP contribution in [0.3, 0.4) is 0 Å². The Morgan fingerprint density at radius 1 is 1.29 bits per heavy atom. The van der Waals surface area contributed by atoms with E-state index in [0.717, 1.165) is 16.6 Å². The lowest BCUT2D eigenvalue weighted by Gasteiger charge is -1.98. The van der Waals surface area contributed by atoms with E-state index in [4.69, 9.17) is 0 Å². The summed E-state index contributed by atoms with van der Waals surface area (Å²) in [5, 5.41) is 1.74. The van der Waals surface area contributed by atoms with Crippen LogP contribution in [0.2, 0.25) is 0 Å². The van der Waals surface area contributed by atoms with Crippen LogP contribution in [0.4, 0.5) is 0 Å². The molecule has 2 aromatic heterocycles. The molecule has 0 saturated carbocycles. The zero-order valence-corrected chi connectivity index (χ0v) is 14.1. The molecule has 0 saturated heterocycles. The summed E-state index contributed by atoms with van der Waals surface area (Å²) in [6.07, 6.45) is 0.956. The molecule has 0 aliphatic rings. The van der Waals surface area contributed by atoms with Gasteiger partial charge in [-0.1, -0.05) is 30.4 Å². The third-order valence-corrected chi connectivity index (χ3v) is 7.08. The second-order valence-corrected chi connectivity index (χ2v) is 8.39. The number of hydrogen-bond donors (Lipinski definition) is 0. The van der Waals surface area contributed by atoms with Crippen molar-refractivity contribution in [2.24, 2.45) is 11.4 Å². The summed E-state index contributed by atoms with van der Waals surface area (Å²) in [4.78, 5) is 0.492. The maximum absolute atomic E-state index is 12.3. The number of benzene rings is 1. The summed E-state index contributed by atoms with van der Waals surface area (Å²) in [5.74, 6) is 0. The highest BCUT2D eigenvalue weighted by Crippen LogP contribution is 2.21. The van der Waals surface area contributed by atoms with E-state index < -0.39 is 10.0 Å². The van der Waals surface area contributed by atoms with Crippen molar-refractivity contribution >= 4 is 42.9 Å². The molecule has 7 heteroatoms. The first-order chi connectivity index (χ1) is 10.0. The molecule has 0 bridgehead atoms. The van der Waals surface area contributed by atoms with E-state index in [0.29, 0.717) is 4.80 Å². The van der Waals surface area contributed by atoms with Gasteiger partial charge in [0.05, 0.1) is 10.2 Å². The van der Waals surface area contributed by atoms with Crippen molar-refractivity contribution in [2.45, 2.75) is 17.6 Å². The molecule has 0 aliphatic carbocycles. The van der Waals surface area contributed by atoms with Crippen molar-refractivity contribution in [1.82, 2.24) is 4.57 Å². The van der Waals surface area contributed by atoms with E-state index in [1.54, 1.807) is 17.5 Å². The average molecular weight is 338 g/mol. The average Bonchev–Trinajstić information content (AvgIpc) is 3.08. The maximum atomic E-state index is 12.3. The Balaban J connectivity index is 2.21. The molecule has 0 atom stereocenters. The number of sulfonamides is 1. The predicted octanol–water partition coefficient (Wildman–Crippen LogP) is 3.15. The molecule has 0 radical (unpaired) electrons. The monoisotopic (exact) mass is 338 g/mol. The van der Waals surface area contributed by atoms with Crippen LogP contribution in [0.5, 0.6) is 0 Å². The fraction of sp³-hybridized carbons (Fsp3) is 0.214. The first kappa shape index (κ1) is 14.5. The first-order valence-electron chi connectivity index (χ1n) is 6.44. The van der Waals surface area contributed by atoms with E-state index in [1.807, 2.05) is 17.7 Å². The molecular formula is C14H14N2O2S3. The Hall–Kier alpha value is -1.44. The molecule has 3 aromatic rings. The molecule has 4 nitrogen and oxygen atoms in total. The summed E-state index contributed by atoms with van der Waals surface area (Å²) >= 11 is 2.58. The van der Waals surface area contributed by atoms with Gasteiger partial charge >= 0.3 is 0 Å². The third kappa shape index (κ3) is 2.68. The number of hydrogen-bond acceptors (Lipinski definition) is 4. The molecule has 2 heterocycles. The smallest absolute Gasteiger partial charge is 0.294 e. The summed E-state index contributed by atoms with van der Waals surface area (Å²) < 4.78 is 31.6. The lowest BCUT2D eigenvalue weighted by molar-refractivity contribution is 0.598. The molecule has 0 spiro atoms. The second-order valence-electron chi connectivity index (χ2n) is 4.60. The van der Waals surface area contributed by atoms with Crippen LogP contribution in [0.25, 0.3) is 10.2 Å². The Morgan fingerprint density at radius 3 is 2.76 bits per heavy atom. The van der Waals surface area contributed by atoms with Crippen molar-refractivity contribution in [3.05, 3.63) is 46.1 Å². The van der Waals surface area contributed by atoms with E-state index in [9.17, 15) is 8.42 Å². The molecule has 0 fully saturated rings. The minimum absolute atomic E-state index is 0.272. The molecule has 0 aliphatic heterocycles. The zero-order valence-electron chi connectivity index (χ0n) is 11.6. The van der Waals surface area contributed by atoms with Crippen molar-refractivity contribution in [3.63, 3.8) is 0 Å². The molecular weight excluding hydrogens is 324 g/mol. The van der Waals surface area contributed by atoms with Gasteiger partial charge in [-0.05, 0) is 35.6 Å². The van der Waals surface area contributed by atoms with Crippen molar-refractivity contribution in [2.75, 3.05) is 0 Å². The van der Waals surface area contributed by atoms with Gasteiger partial charge in [-0.2, -0.15) is 8.42 Å². The summed E-state index contributed by atoms with van der Waals surface area (Å²) in [5.41, 5.74) is 2.23. The largest absolute Gasteiger partial charge is 0.319 e. The molecule has 0 unspecified atom stereocenters. The van der Waals surface area contributed by atoms with Crippen LogP contribution in [-0.2, 0) is 23.5 Å². The van der Waals surface area contributed by atoms with Gasteiger partial charge in [0.2, 0.25) is 4.80 Å². The highest BCUT2D eigenvalue weighted by Gasteiger charge is 2.14. The minimum Gasteiger partial charge on any atom is -0.319 e. The van der Waals surface area contributed by atoms with Gasteiger partial charge in [0.15, 0.2) is 0 Å². The number of rotatable bonds is 3. The van der Waals surface area contributed by atoms with Gasteiger partial charge in [0.25, 0.3) is 10.0 Å². The van der Waals surface area contributed by atoms with Gasteiger partial charge in [-0.3, -0.25) is 0 Å². The molecule has 3 rings (SSSR count). The van der Waals surface area contributed by atoms with E-state index in [2.05, 4.69) is 23.5 Å². The number of fused-ring (bicyclic) bond motifs is 1. The Morgan fingerprint density at radius 2 is 2.10 bits per heavy atom. The number of aryl methyl sites for hydroxylation is 2. The van der Waals surface area contributed by atoms with E-state index >= 15 is 0 Å². The SMILES string of the molecule is CCc1ccc2c(c1)sc(=NS(=O)(=O)c1cccs1)n2C. The van der Waals surface area contributed by atoms with Crippen LogP contribution < -0.4 is 4.80 Å². The van der Waals surface area contributed by atoms with Crippen LogP contribution in [-0.4, -0.2) is 13.0 Å². The van der Waals surface area contributed by atoms with Gasteiger partial charge in [-0.25, -0.2) is 0 Å². The highest BCUT2D eigenvalue weighted by atomic mass is 32.2. The Kier molecular flexibility index (Phi) is 3.73. The topological polar surface area (TPSA) is 51.4 Å². The fourth-order valence-electron chi connectivity index (χ4n) is 2.05. The first-order valence-corrected chi connectivity index (χ1v) is 9.58. The number of nitrogens with zero attached hydrogens (tertiary/aromatic N) is 2. The van der Waals surface area contributed by atoms with Gasteiger partial charge < -0.3 is 4.57 Å². The molecule has 1 aromatic carbocycles. The second kappa shape index (κ2) is 5.40. The quantitative estimate of drug-likeness (QED) is 0.736. The van der Waals surface area contributed by atoms with Gasteiger partial charge in [-0.15, -0.1) is 15.7 Å².